The van der Waals surface area contributed by atoms with Crippen LogP contribution in [0.5, 0.6) is 0 Å². The summed E-state index contributed by atoms with van der Waals surface area (Å²) < 4.78 is 25.9. The van der Waals surface area contributed by atoms with Gasteiger partial charge in [0.2, 0.25) is 15.9 Å². The molecular weight excluding hydrogens is 438 g/mol. The molecule has 162 valence electrons. The lowest BCUT2D eigenvalue weighted by atomic mass is 10.1. The van der Waals surface area contributed by atoms with Crippen molar-refractivity contribution in [3.63, 3.8) is 0 Å². The monoisotopic (exact) mass is 459 g/mol. The summed E-state index contributed by atoms with van der Waals surface area (Å²) >= 11 is 6.10. The van der Waals surface area contributed by atoms with Gasteiger partial charge in [-0.25, -0.2) is 18.2 Å². The van der Waals surface area contributed by atoms with Crippen molar-refractivity contribution in [1.82, 2.24) is 9.78 Å². The van der Waals surface area contributed by atoms with E-state index in [-0.39, 0.29) is 17.2 Å². The van der Waals surface area contributed by atoms with Crippen LogP contribution in [0.25, 0.3) is 5.69 Å². The molecule has 0 unspecified atom stereocenters. The van der Waals surface area contributed by atoms with Crippen LogP contribution < -0.4 is 15.8 Å². The number of primary sulfonamides is 1. The predicted octanol–water partition coefficient (Wildman–Crippen LogP) is 3.18. The fourth-order valence-corrected chi connectivity index (χ4v) is 4.11. The Morgan fingerprint density at radius 1 is 1.19 bits per heavy atom. The number of sulfonamides is 1. The van der Waals surface area contributed by atoms with Crippen LogP contribution in [-0.4, -0.2) is 30.7 Å². The Kier molecular flexibility index (Phi) is 5.99. The molecule has 8 nitrogen and oxygen atoms in total. The normalized spacial score (nSPS) is 13.7. The number of benzene rings is 2. The molecule has 10 heteroatoms. The van der Waals surface area contributed by atoms with Gasteiger partial charge in [0, 0.05) is 17.3 Å². The predicted molar refractivity (Wildman–Crippen MR) is 120 cm³/mol. The molecule has 1 fully saturated rings. The van der Waals surface area contributed by atoms with Crippen molar-refractivity contribution in [2.45, 2.75) is 24.2 Å². The van der Waals surface area contributed by atoms with E-state index in [0.29, 0.717) is 27.9 Å². The maximum Gasteiger partial charge on any atom is 0.240 e. The fraction of sp³-hybridized carbons (Fsp3) is 0.238. The highest BCUT2D eigenvalue weighted by atomic mass is 35.5. The number of halogens is 1. The minimum atomic E-state index is -4.07. The molecule has 4 rings (SSSR count). The molecule has 0 aliphatic heterocycles. The van der Waals surface area contributed by atoms with E-state index in [1.807, 2.05) is 0 Å². The Hall–Kier alpha value is -2.88. The number of rotatable bonds is 8. The van der Waals surface area contributed by atoms with Gasteiger partial charge in [-0.05, 0) is 48.6 Å². The van der Waals surface area contributed by atoms with Crippen molar-refractivity contribution in [1.29, 1.82) is 0 Å². The first-order valence-corrected chi connectivity index (χ1v) is 11.7. The molecular formula is C21H22ClN5O3S. The van der Waals surface area contributed by atoms with Gasteiger partial charge in [0.05, 0.1) is 30.2 Å². The molecule has 0 bridgehead atoms. The quantitative estimate of drug-likeness (QED) is 0.478. The highest BCUT2D eigenvalue weighted by Gasteiger charge is 2.21. The van der Waals surface area contributed by atoms with Crippen molar-refractivity contribution in [3.8, 4) is 5.69 Å². The first kappa shape index (κ1) is 21.4. The van der Waals surface area contributed by atoms with Gasteiger partial charge in [-0.1, -0.05) is 29.8 Å². The lowest BCUT2D eigenvalue weighted by Crippen LogP contribution is -2.18. The van der Waals surface area contributed by atoms with E-state index in [0.717, 1.165) is 12.2 Å². The Bertz CT molecular complexity index is 1220. The van der Waals surface area contributed by atoms with Gasteiger partial charge in [-0.2, -0.15) is 5.10 Å². The maximum absolute atomic E-state index is 12.4. The second-order valence-corrected chi connectivity index (χ2v) is 9.48. The van der Waals surface area contributed by atoms with Crippen molar-refractivity contribution < 1.29 is 13.2 Å². The van der Waals surface area contributed by atoms with Crippen LogP contribution in [0.3, 0.4) is 0 Å². The van der Waals surface area contributed by atoms with Crippen LogP contribution >= 0.6 is 11.6 Å². The highest BCUT2D eigenvalue weighted by molar-refractivity contribution is 7.89. The number of nitrogens with zero attached hydrogens (tertiary/aromatic N) is 2. The van der Waals surface area contributed by atoms with Crippen LogP contribution in [0.4, 0.5) is 11.4 Å². The fourth-order valence-electron chi connectivity index (χ4n) is 3.16. The number of carbonyl (C=O) groups excluding carboxylic acids is 1. The average molecular weight is 460 g/mol. The van der Waals surface area contributed by atoms with E-state index in [1.54, 1.807) is 48.8 Å². The maximum atomic E-state index is 12.4. The average Bonchev–Trinajstić information content (AvgIpc) is 3.43. The van der Waals surface area contributed by atoms with Gasteiger partial charge in [0.25, 0.3) is 0 Å². The SMILES string of the molecule is NS(=O)(=O)c1cc(NC(=O)Cc2ccccc2Cl)ccc1-n1cc(NCC2CC2)cn1. The number of nitrogens with one attached hydrogen (secondary N) is 2. The standard InChI is InChI=1S/C21H22ClN5O3S/c22-18-4-2-1-3-15(18)9-21(28)26-16-7-8-19(20(10-16)31(23,29)30)27-13-17(12-25-27)24-11-14-5-6-14/h1-4,7-8,10,12-14,24H,5-6,9,11H2,(H,26,28)(H2,23,29,30). The number of anilines is 2. The van der Waals surface area contributed by atoms with Crippen LogP contribution in [0, 0.1) is 5.92 Å². The Labute approximate surface area is 185 Å². The van der Waals surface area contributed by atoms with E-state index in [2.05, 4.69) is 15.7 Å². The summed E-state index contributed by atoms with van der Waals surface area (Å²) in [6.07, 6.45) is 5.85. The summed E-state index contributed by atoms with van der Waals surface area (Å²) in [5.41, 5.74) is 2.08. The summed E-state index contributed by atoms with van der Waals surface area (Å²) in [7, 11) is -4.07. The first-order valence-electron chi connectivity index (χ1n) is 9.78. The zero-order chi connectivity index (χ0) is 22.0. The van der Waals surface area contributed by atoms with Gasteiger partial charge < -0.3 is 10.6 Å². The van der Waals surface area contributed by atoms with Crippen molar-refractivity contribution >= 4 is 38.9 Å². The van der Waals surface area contributed by atoms with E-state index < -0.39 is 10.0 Å². The van der Waals surface area contributed by atoms with Gasteiger partial charge in [-0.15, -0.1) is 0 Å². The van der Waals surface area contributed by atoms with Crippen LogP contribution in [0.2, 0.25) is 5.02 Å². The largest absolute Gasteiger partial charge is 0.382 e. The first-order chi connectivity index (χ1) is 14.8. The van der Waals surface area contributed by atoms with Crippen LogP contribution in [0.15, 0.2) is 59.8 Å². The van der Waals surface area contributed by atoms with Gasteiger partial charge in [0.15, 0.2) is 0 Å². The summed E-state index contributed by atoms with van der Waals surface area (Å²) in [5.74, 6) is 0.365. The lowest BCUT2D eigenvalue weighted by molar-refractivity contribution is -0.115. The van der Waals surface area contributed by atoms with Crippen molar-refractivity contribution in [3.05, 3.63) is 65.4 Å². The van der Waals surface area contributed by atoms with Gasteiger partial charge in [-0.3, -0.25) is 4.79 Å². The van der Waals surface area contributed by atoms with Gasteiger partial charge in [0.1, 0.15) is 4.90 Å². The number of carbonyl (C=O) groups is 1. The molecule has 1 aliphatic rings. The minimum absolute atomic E-state index is 0.0569. The van der Waals surface area contributed by atoms with Crippen LogP contribution in [0.1, 0.15) is 18.4 Å². The van der Waals surface area contributed by atoms with Crippen LogP contribution in [-0.2, 0) is 21.2 Å². The molecule has 1 heterocycles. The third kappa shape index (κ3) is 5.43. The molecule has 2 aromatic carbocycles. The Morgan fingerprint density at radius 3 is 2.68 bits per heavy atom. The number of amides is 1. The van der Waals surface area contributed by atoms with E-state index in [9.17, 15) is 13.2 Å². The number of nitrogens with two attached hydrogens (primary N) is 1. The topological polar surface area (TPSA) is 119 Å². The third-order valence-corrected chi connectivity index (χ3v) is 6.29. The zero-order valence-corrected chi connectivity index (χ0v) is 18.2. The Morgan fingerprint density at radius 2 is 1.97 bits per heavy atom. The second kappa shape index (κ2) is 8.70. The molecule has 1 saturated carbocycles. The number of hydrogen-bond acceptors (Lipinski definition) is 5. The molecule has 1 aromatic heterocycles. The van der Waals surface area contributed by atoms with E-state index >= 15 is 0 Å². The molecule has 0 atom stereocenters. The number of hydrogen-bond donors (Lipinski definition) is 3. The van der Waals surface area contributed by atoms with Crippen molar-refractivity contribution in [2.75, 3.05) is 17.2 Å². The molecule has 1 amide bonds. The zero-order valence-electron chi connectivity index (χ0n) is 16.6. The second-order valence-electron chi connectivity index (χ2n) is 7.54. The highest BCUT2D eigenvalue weighted by Crippen LogP contribution is 2.29. The molecule has 3 aromatic rings. The summed E-state index contributed by atoms with van der Waals surface area (Å²) in [6, 6.07) is 11.5. The molecule has 0 spiro atoms. The Balaban J connectivity index is 1.54. The summed E-state index contributed by atoms with van der Waals surface area (Å²) in [4.78, 5) is 12.3. The molecule has 1 aliphatic carbocycles. The number of aromatic nitrogens is 2. The van der Waals surface area contributed by atoms with Crippen molar-refractivity contribution in [2.24, 2.45) is 11.1 Å². The summed E-state index contributed by atoms with van der Waals surface area (Å²) in [5, 5.41) is 16.2. The minimum Gasteiger partial charge on any atom is -0.382 e. The summed E-state index contributed by atoms with van der Waals surface area (Å²) in [6.45, 7) is 0.865. The third-order valence-electron chi connectivity index (χ3n) is 4.98. The molecule has 4 N–H and O–H groups in total. The lowest BCUT2D eigenvalue weighted by Gasteiger charge is -2.12. The molecule has 0 saturated heterocycles. The van der Waals surface area contributed by atoms with E-state index in [4.69, 9.17) is 16.7 Å². The molecule has 0 radical (unpaired) electrons. The molecule has 31 heavy (non-hydrogen) atoms. The van der Waals surface area contributed by atoms with Gasteiger partial charge >= 0.3 is 0 Å². The smallest absolute Gasteiger partial charge is 0.240 e. The van der Waals surface area contributed by atoms with E-state index in [1.165, 1.54) is 23.6 Å².